The second kappa shape index (κ2) is 13.6. The lowest BCUT2D eigenvalue weighted by molar-refractivity contribution is 0.137. The maximum Gasteiger partial charge on any atom is 0.408 e. The molecule has 0 fully saturated rings. The minimum atomic E-state index is -0.709. The molecule has 21 heavy (non-hydrogen) atoms. The van der Waals surface area contributed by atoms with E-state index in [1.807, 2.05) is 0 Å². The molecular weight excluding hydrogens is 284 g/mol. The van der Waals surface area contributed by atoms with Crippen molar-refractivity contribution in [2.45, 2.75) is 12.8 Å². The van der Waals surface area contributed by atoms with Crippen molar-refractivity contribution in [2.75, 3.05) is 33.0 Å². The molecule has 0 aromatic heterocycles. The van der Waals surface area contributed by atoms with Crippen molar-refractivity contribution in [3.05, 3.63) is 20.9 Å². The van der Waals surface area contributed by atoms with Gasteiger partial charge in [-0.1, -0.05) is 10.2 Å². The van der Waals surface area contributed by atoms with Crippen molar-refractivity contribution in [2.24, 2.45) is 10.2 Å². The predicted molar refractivity (Wildman–Crippen MR) is 71.1 cm³/mol. The molecule has 0 atom stereocenters. The largest absolute Gasteiger partial charge is 0.450 e. The molecular formula is C9H16N8O4. The van der Waals surface area contributed by atoms with Crippen LogP contribution in [0, 0.1) is 0 Å². The van der Waals surface area contributed by atoms with Gasteiger partial charge in [0, 0.05) is 22.9 Å². The molecule has 116 valence electrons. The molecule has 0 saturated heterocycles. The van der Waals surface area contributed by atoms with Crippen LogP contribution in [0.25, 0.3) is 20.9 Å². The maximum absolute atomic E-state index is 11.1. The fourth-order valence-corrected chi connectivity index (χ4v) is 0.980. The minimum Gasteiger partial charge on any atom is -0.450 e. The minimum absolute atomic E-state index is 0.106. The number of carbonyl (C=O) groups excluding carboxylic acids is 2. The summed E-state index contributed by atoms with van der Waals surface area (Å²) in [5.41, 5.74) is 16.0. The van der Waals surface area contributed by atoms with Gasteiger partial charge in [-0.25, -0.2) is 9.59 Å². The fourth-order valence-electron chi connectivity index (χ4n) is 0.980. The van der Waals surface area contributed by atoms with Crippen LogP contribution >= 0.6 is 0 Å². The number of ether oxygens (including phenoxy) is 2. The number of nitrogens with zero attached hydrogens (tertiary/aromatic N) is 6. The molecule has 12 nitrogen and oxygen atoms in total. The average Bonchev–Trinajstić information content (AvgIpc) is 2.47. The molecule has 12 heteroatoms. The molecule has 0 saturated carbocycles. The Balaban J connectivity index is 3.46. The molecule has 0 unspecified atom stereocenters. The van der Waals surface area contributed by atoms with Crippen molar-refractivity contribution in [1.82, 2.24) is 10.6 Å². The van der Waals surface area contributed by atoms with Gasteiger partial charge in [-0.3, -0.25) is 0 Å². The summed E-state index contributed by atoms with van der Waals surface area (Å²) >= 11 is 0. The van der Waals surface area contributed by atoms with E-state index in [-0.39, 0.29) is 33.0 Å². The summed E-state index contributed by atoms with van der Waals surface area (Å²) in [5, 5.41) is 11.1. The predicted octanol–water partition coefficient (Wildman–Crippen LogP) is 1.80. The van der Waals surface area contributed by atoms with E-state index < -0.39 is 12.2 Å². The van der Waals surface area contributed by atoms with Gasteiger partial charge in [-0.15, -0.1) is 0 Å². The van der Waals surface area contributed by atoms with Gasteiger partial charge in [0.1, 0.15) is 0 Å². The summed E-state index contributed by atoms with van der Waals surface area (Å²) < 4.78 is 9.45. The molecule has 0 spiro atoms. The van der Waals surface area contributed by atoms with Gasteiger partial charge in [0.15, 0.2) is 0 Å². The number of azide groups is 2. The first-order valence-electron chi connectivity index (χ1n) is 6.03. The van der Waals surface area contributed by atoms with Gasteiger partial charge < -0.3 is 20.1 Å². The topological polar surface area (TPSA) is 174 Å². The first-order valence-corrected chi connectivity index (χ1v) is 6.03. The highest BCUT2D eigenvalue weighted by molar-refractivity contribution is 5.69. The molecule has 0 radical (unpaired) electrons. The SMILES string of the molecule is [N-]=[N+]=NCCCOC(=O)NCNC(=O)OCCCN=[N+]=[N-]. The highest BCUT2D eigenvalue weighted by atomic mass is 16.6. The Morgan fingerprint density at radius 2 is 1.33 bits per heavy atom. The van der Waals surface area contributed by atoms with Crippen LogP contribution in [0.15, 0.2) is 10.2 Å². The number of nitrogens with one attached hydrogen (secondary N) is 2. The van der Waals surface area contributed by atoms with Gasteiger partial charge in [-0.05, 0) is 23.9 Å². The summed E-state index contributed by atoms with van der Waals surface area (Å²) in [6.07, 6.45) is -0.588. The van der Waals surface area contributed by atoms with E-state index in [1.165, 1.54) is 0 Å². The Kier molecular flexibility index (Phi) is 11.8. The van der Waals surface area contributed by atoms with Crippen molar-refractivity contribution < 1.29 is 19.1 Å². The normalized spacial score (nSPS) is 8.76. The van der Waals surface area contributed by atoms with E-state index in [2.05, 4.69) is 30.7 Å². The summed E-state index contributed by atoms with van der Waals surface area (Å²) in [7, 11) is 0. The Hall–Kier alpha value is -2.84. The van der Waals surface area contributed by atoms with Crippen molar-refractivity contribution in [3.8, 4) is 0 Å². The zero-order chi connectivity index (χ0) is 15.8. The highest BCUT2D eigenvalue weighted by Crippen LogP contribution is 1.87. The second-order valence-electron chi connectivity index (χ2n) is 3.42. The van der Waals surface area contributed by atoms with Crippen molar-refractivity contribution >= 4 is 12.2 Å². The van der Waals surface area contributed by atoms with Crippen molar-refractivity contribution in [3.63, 3.8) is 0 Å². The lowest BCUT2D eigenvalue weighted by atomic mass is 10.5. The first kappa shape index (κ1) is 18.2. The number of hydrogen-bond donors (Lipinski definition) is 2. The van der Waals surface area contributed by atoms with Crippen LogP contribution in [-0.4, -0.2) is 45.2 Å². The fraction of sp³-hybridized carbons (Fsp3) is 0.778. The smallest absolute Gasteiger partial charge is 0.408 e. The van der Waals surface area contributed by atoms with Gasteiger partial charge in [0.05, 0.1) is 19.9 Å². The first-order chi connectivity index (χ1) is 10.2. The van der Waals surface area contributed by atoms with Crippen molar-refractivity contribution in [1.29, 1.82) is 0 Å². The van der Waals surface area contributed by atoms with E-state index in [9.17, 15) is 9.59 Å². The third-order valence-corrected chi connectivity index (χ3v) is 1.86. The zero-order valence-corrected chi connectivity index (χ0v) is 11.3. The van der Waals surface area contributed by atoms with Crippen LogP contribution in [-0.2, 0) is 9.47 Å². The number of hydrogen-bond acceptors (Lipinski definition) is 6. The Bertz CT molecular complexity index is 378. The number of rotatable bonds is 10. The monoisotopic (exact) mass is 300 g/mol. The standard InChI is InChI=1S/C9H16N8O4/c10-16-14-3-1-5-20-8(18)12-7-13-9(19)21-6-2-4-15-17-11/h1-7H2,(H,12,18)(H,13,19). The molecule has 2 amide bonds. The van der Waals surface area contributed by atoms with E-state index in [1.54, 1.807) is 0 Å². The second-order valence-corrected chi connectivity index (χ2v) is 3.42. The molecule has 0 bridgehead atoms. The molecule has 0 heterocycles. The van der Waals surface area contributed by atoms with Crippen LogP contribution in [0.2, 0.25) is 0 Å². The van der Waals surface area contributed by atoms with Gasteiger partial charge >= 0.3 is 12.2 Å². The highest BCUT2D eigenvalue weighted by Gasteiger charge is 2.03. The summed E-state index contributed by atoms with van der Waals surface area (Å²) in [5.74, 6) is 0. The van der Waals surface area contributed by atoms with Crippen LogP contribution in [0.4, 0.5) is 9.59 Å². The molecule has 0 rings (SSSR count). The molecule has 0 aliphatic heterocycles. The van der Waals surface area contributed by atoms with Gasteiger partial charge in [-0.2, -0.15) is 0 Å². The number of amides is 2. The summed E-state index contributed by atoms with van der Waals surface area (Å²) in [6.45, 7) is 0.544. The summed E-state index contributed by atoms with van der Waals surface area (Å²) in [6, 6.07) is 0. The summed E-state index contributed by atoms with van der Waals surface area (Å²) in [4.78, 5) is 27.3. The lowest BCUT2D eigenvalue weighted by Gasteiger charge is -2.08. The van der Waals surface area contributed by atoms with Crippen LogP contribution in [0.5, 0.6) is 0 Å². The Morgan fingerprint density at radius 1 is 0.905 bits per heavy atom. The van der Waals surface area contributed by atoms with Crippen LogP contribution in [0.3, 0.4) is 0 Å². The Labute approximate surface area is 120 Å². The number of carbonyl (C=O) groups is 2. The molecule has 2 N–H and O–H groups in total. The average molecular weight is 300 g/mol. The third-order valence-electron chi connectivity index (χ3n) is 1.86. The lowest BCUT2D eigenvalue weighted by Crippen LogP contribution is -2.38. The maximum atomic E-state index is 11.1. The van der Waals surface area contributed by atoms with Crippen LogP contribution < -0.4 is 10.6 Å². The van der Waals surface area contributed by atoms with Gasteiger partial charge in [0.25, 0.3) is 0 Å². The number of alkyl carbamates (subject to hydrolysis) is 2. The zero-order valence-electron chi connectivity index (χ0n) is 11.3. The molecule has 0 aliphatic carbocycles. The quantitative estimate of drug-likeness (QED) is 0.206. The van der Waals surface area contributed by atoms with E-state index in [4.69, 9.17) is 20.5 Å². The van der Waals surface area contributed by atoms with E-state index in [0.29, 0.717) is 12.8 Å². The van der Waals surface area contributed by atoms with E-state index >= 15 is 0 Å². The third kappa shape index (κ3) is 13.4. The molecule has 0 aromatic carbocycles. The molecule has 0 aliphatic rings. The molecule has 0 aromatic rings. The van der Waals surface area contributed by atoms with Gasteiger partial charge in [0.2, 0.25) is 0 Å². The van der Waals surface area contributed by atoms with E-state index in [0.717, 1.165) is 0 Å². The van der Waals surface area contributed by atoms with Crippen LogP contribution in [0.1, 0.15) is 12.8 Å². The Morgan fingerprint density at radius 3 is 1.71 bits per heavy atom.